The molecule has 1 atom stereocenters. The third kappa shape index (κ3) is 5.14. The summed E-state index contributed by atoms with van der Waals surface area (Å²) in [6.45, 7) is 0.647. The van der Waals surface area contributed by atoms with Crippen LogP contribution in [0.15, 0.2) is 53.0 Å². The molecule has 0 spiro atoms. The van der Waals surface area contributed by atoms with E-state index in [-0.39, 0.29) is 11.9 Å². The zero-order chi connectivity index (χ0) is 15.1. The van der Waals surface area contributed by atoms with Crippen molar-refractivity contribution in [1.29, 1.82) is 0 Å². The molecule has 112 valence electrons. The highest BCUT2D eigenvalue weighted by Gasteiger charge is 2.10. The number of para-hydroxylation sites is 1. The molecule has 2 nitrogen and oxygen atoms in total. The number of nitrogens with one attached hydrogen (secondary N) is 1. The molecule has 1 N–H and O–H groups in total. The van der Waals surface area contributed by atoms with Gasteiger partial charge in [0.25, 0.3) is 0 Å². The average Bonchev–Trinajstić information content (AvgIpc) is 2.49. The Bertz CT molecular complexity index is 562. The van der Waals surface area contributed by atoms with Gasteiger partial charge in [-0.05, 0) is 49.7 Å². The number of benzene rings is 2. The molecule has 0 aliphatic carbocycles. The van der Waals surface area contributed by atoms with Gasteiger partial charge in [0.1, 0.15) is 11.6 Å². The van der Waals surface area contributed by atoms with Crippen LogP contribution in [-0.4, -0.2) is 19.7 Å². The second-order valence-corrected chi connectivity index (χ2v) is 5.73. The van der Waals surface area contributed by atoms with Crippen LogP contribution in [0.25, 0.3) is 0 Å². The molecule has 0 saturated heterocycles. The van der Waals surface area contributed by atoms with Crippen molar-refractivity contribution in [3.63, 3.8) is 0 Å². The standard InChI is InChI=1S/C17H19BrFNO/c1-20-15(9-10-21-16-5-3-2-4-6-16)11-13-7-8-14(19)12-17(13)18/h2-8,12,15,20H,9-11H2,1H3. The molecular weight excluding hydrogens is 333 g/mol. The van der Waals surface area contributed by atoms with Gasteiger partial charge in [-0.25, -0.2) is 4.39 Å². The SMILES string of the molecule is CNC(CCOc1ccccc1)Cc1ccc(F)cc1Br. The van der Waals surface area contributed by atoms with E-state index >= 15 is 0 Å². The lowest BCUT2D eigenvalue weighted by atomic mass is 10.0. The van der Waals surface area contributed by atoms with Gasteiger partial charge in [-0.3, -0.25) is 0 Å². The lowest BCUT2D eigenvalue weighted by molar-refractivity contribution is 0.288. The largest absolute Gasteiger partial charge is 0.494 e. The highest BCUT2D eigenvalue weighted by atomic mass is 79.9. The van der Waals surface area contributed by atoms with E-state index in [1.165, 1.54) is 12.1 Å². The van der Waals surface area contributed by atoms with Gasteiger partial charge in [-0.2, -0.15) is 0 Å². The molecule has 1 unspecified atom stereocenters. The van der Waals surface area contributed by atoms with E-state index in [2.05, 4.69) is 21.2 Å². The molecule has 0 aromatic heterocycles. The number of rotatable bonds is 7. The summed E-state index contributed by atoms with van der Waals surface area (Å²) >= 11 is 3.41. The second kappa shape index (κ2) is 8.15. The first-order valence-electron chi connectivity index (χ1n) is 6.98. The van der Waals surface area contributed by atoms with Gasteiger partial charge in [0.15, 0.2) is 0 Å². The van der Waals surface area contributed by atoms with Crippen molar-refractivity contribution in [3.8, 4) is 5.75 Å². The van der Waals surface area contributed by atoms with E-state index in [0.717, 1.165) is 28.6 Å². The van der Waals surface area contributed by atoms with Crippen molar-refractivity contribution in [2.75, 3.05) is 13.7 Å². The Balaban J connectivity index is 1.85. The third-order valence-corrected chi connectivity index (χ3v) is 4.11. The van der Waals surface area contributed by atoms with Gasteiger partial charge in [0.2, 0.25) is 0 Å². The van der Waals surface area contributed by atoms with Crippen LogP contribution in [0.1, 0.15) is 12.0 Å². The van der Waals surface area contributed by atoms with Gasteiger partial charge in [-0.1, -0.05) is 40.2 Å². The summed E-state index contributed by atoms with van der Waals surface area (Å²) in [6, 6.07) is 14.9. The lowest BCUT2D eigenvalue weighted by Gasteiger charge is -2.17. The predicted octanol–water partition coefficient (Wildman–Crippen LogP) is 4.19. The van der Waals surface area contributed by atoms with Crippen LogP contribution in [0.5, 0.6) is 5.75 Å². The first kappa shape index (κ1) is 16.0. The van der Waals surface area contributed by atoms with Crippen LogP contribution in [0.4, 0.5) is 4.39 Å². The fourth-order valence-electron chi connectivity index (χ4n) is 2.14. The molecule has 21 heavy (non-hydrogen) atoms. The maximum atomic E-state index is 13.1. The first-order chi connectivity index (χ1) is 10.2. The van der Waals surface area contributed by atoms with Gasteiger partial charge in [-0.15, -0.1) is 0 Å². The van der Waals surface area contributed by atoms with Gasteiger partial charge < -0.3 is 10.1 Å². The number of halogens is 2. The zero-order valence-corrected chi connectivity index (χ0v) is 13.6. The molecule has 0 fully saturated rings. The van der Waals surface area contributed by atoms with Gasteiger partial charge in [0, 0.05) is 10.5 Å². The van der Waals surface area contributed by atoms with Crippen molar-refractivity contribution in [1.82, 2.24) is 5.32 Å². The third-order valence-electron chi connectivity index (χ3n) is 3.37. The summed E-state index contributed by atoms with van der Waals surface area (Å²) in [6.07, 6.45) is 1.71. The normalized spacial score (nSPS) is 12.1. The van der Waals surface area contributed by atoms with Crippen molar-refractivity contribution in [3.05, 3.63) is 64.4 Å². The minimum absolute atomic E-state index is 0.223. The minimum atomic E-state index is -0.223. The summed E-state index contributed by atoms with van der Waals surface area (Å²) < 4.78 is 19.6. The first-order valence-corrected chi connectivity index (χ1v) is 7.77. The Morgan fingerprint density at radius 2 is 1.95 bits per heavy atom. The summed E-state index contributed by atoms with van der Waals surface area (Å²) in [5, 5.41) is 3.28. The molecule has 0 aliphatic rings. The lowest BCUT2D eigenvalue weighted by Crippen LogP contribution is -2.29. The monoisotopic (exact) mass is 351 g/mol. The molecule has 2 rings (SSSR count). The maximum absolute atomic E-state index is 13.1. The molecule has 0 radical (unpaired) electrons. The van der Waals surface area contributed by atoms with Crippen molar-refractivity contribution in [2.24, 2.45) is 0 Å². The summed E-state index contributed by atoms with van der Waals surface area (Å²) in [7, 11) is 1.94. The highest BCUT2D eigenvalue weighted by molar-refractivity contribution is 9.10. The van der Waals surface area contributed by atoms with Crippen LogP contribution in [0, 0.1) is 5.82 Å². The second-order valence-electron chi connectivity index (χ2n) is 4.88. The van der Waals surface area contributed by atoms with Crippen LogP contribution in [0.2, 0.25) is 0 Å². The van der Waals surface area contributed by atoms with E-state index in [4.69, 9.17) is 4.74 Å². The van der Waals surface area contributed by atoms with E-state index in [1.54, 1.807) is 0 Å². The molecule has 2 aromatic carbocycles. The fourth-order valence-corrected chi connectivity index (χ4v) is 2.65. The highest BCUT2D eigenvalue weighted by Crippen LogP contribution is 2.20. The topological polar surface area (TPSA) is 21.3 Å². The van der Waals surface area contributed by atoms with Crippen LogP contribution >= 0.6 is 15.9 Å². The zero-order valence-electron chi connectivity index (χ0n) is 12.0. The van der Waals surface area contributed by atoms with Crippen LogP contribution in [-0.2, 0) is 6.42 Å². The van der Waals surface area contributed by atoms with E-state index in [9.17, 15) is 4.39 Å². The molecule has 0 aliphatic heterocycles. The summed E-state index contributed by atoms with van der Waals surface area (Å²) in [5.74, 6) is 0.661. The quantitative estimate of drug-likeness (QED) is 0.807. The molecular formula is C17H19BrFNO. The fraction of sp³-hybridized carbons (Fsp3) is 0.294. The Hall–Kier alpha value is -1.39. The number of hydrogen-bond donors (Lipinski definition) is 1. The molecule has 0 heterocycles. The number of ether oxygens (including phenoxy) is 1. The Labute approximate surface area is 133 Å². The molecule has 0 saturated carbocycles. The number of likely N-dealkylation sites (N-methyl/N-ethyl adjacent to an activating group) is 1. The van der Waals surface area contributed by atoms with Crippen LogP contribution in [0.3, 0.4) is 0 Å². The molecule has 2 aromatic rings. The molecule has 4 heteroatoms. The van der Waals surface area contributed by atoms with E-state index in [1.807, 2.05) is 43.4 Å². The van der Waals surface area contributed by atoms with Crippen LogP contribution < -0.4 is 10.1 Å². The summed E-state index contributed by atoms with van der Waals surface area (Å²) in [4.78, 5) is 0. The predicted molar refractivity (Wildman–Crippen MR) is 87.2 cm³/mol. The minimum Gasteiger partial charge on any atom is -0.494 e. The maximum Gasteiger partial charge on any atom is 0.124 e. The Morgan fingerprint density at radius 1 is 1.19 bits per heavy atom. The Morgan fingerprint density at radius 3 is 2.62 bits per heavy atom. The van der Waals surface area contributed by atoms with Gasteiger partial charge in [0.05, 0.1) is 6.61 Å². The van der Waals surface area contributed by atoms with Gasteiger partial charge >= 0.3 is 0 Å². The number of hydrogen-bond acceptors (Lipinski definition) is 2. The summed E-state index contributed by atoms with van der Waals surface area (Å²) in [5.41, 5.74) is 1.09. The van der Waals surface area contributed by atoms with E-state index < -0.39 is 0 Å². The van der Waals surface area contributed by atoms with Crippen molar-refractivity contribution < 1.29 is 9.13 Å². The molecule has 0 bridgehead atoms. The molecule has 0 amide bonds. The average molecular weight is 352 g/mol. The van der Waals surface area contributed by atoms with Crippen molar-refractivity contribution >= 4 is 15.9 Å². The smallest absolute Gasteiger partial charge is 0.124 e. The Kier molecular flexibility index (Phi) is 6.21. The van der Waals surface area contributed by atoms with Crippen molar-refractivity contribution in [2.45, 2.75) is 18.9 Å². The van der Waals surface area contributed by atoms with E-state index in [0.29, 0.717) is 6.61 Å².